The van der Waals surface area contributed by atoms with Gasteiger partial charge in [0.15, 0.2) is 5.65 Å². The predicted molar refractivity (Wildman–Crippen MR) is 55.3 cm³/mol. The summed E-state index contributed by atoms with van der Waals surface area (Å²) in [4.78, 5) is 4.37. The lowest BCUT2D eigenvalue weighted by Crippen LogP contribution is -2.02. The molecule has 2 heterocycles. The minimum atomic E-state index is 0.614. The maximum absolute atomic E-state index is 5.46. The Bertz CT molecular complexity index is 434. The molecule has 3 N–H and O–H groups in total. The summed E-state index contributed by atoms with van der Waals surface area (Å²) in [5, 5.41) is 7.27. The van der Waals surface area contributed by atoms with Gasteiger partial charge in [0.1, 0.15) is 5.82 Å². The summed E-state index contributed by atoms with van der Waals surface area (Å²) in [5.74, 6) is 0.828. The van der Waals surface area contributed by atoms with E-state index in [2.05, 4.69) is 15.4 Å². The highest BCUT2D eigenvalue weighted by Crippen LogP contribution is 2.07. The maximum atomic E-state index is 5.46. The second-order valence-corrected chi connectivity index (χ2v) is 3.04. The first-order valence-corrected chi connectivity index (χ1v) is 4.56. The van der Waals surface area contributed by atoms with Gasteiger partial charge in [-0.15, -0.1) is 5.10 Å². The van der Waals surface area contributed by atoms with E-state index < -0.39 is 0 Å². The first-order chi connectivity index (χ1) is 6.83. The molecule has 0 radical (unpaired) electrons. The van der Waals surface area contributed by atoms with Crippen LogP contribution in [0, 0.1) is 0 Å². The number of nitrogens with zero attached hydrogens (tertiary/aromatic N) is 3. The molecule has 0 bridgehead atoms. The molecule has 0 aromatic carbocycles. The lowest BCUT2D eigenvalue weighted by Gasteiger charge is -1.97. The van der Waals surface area contributed by atoms with E-state index in [1.54, 1.807) is 4.52 Å². The second-order valence-electron chi connectivity index (χ2n) is 3.04. The fourth-order valence-corrected chi connectivity index (χ4v) is 1.33. The van der Waals surface area contributed by atoms with Crippen LogP contribution < -0.4 is 11.1 Å². The Balaban J connectivity index is 2.43. The number of rotatable bonds is 3. The molecule has 74 valence electrons. The SMILES string of the molecule is CNc1ccc2nc(CCN)cn2n1. The molecule has 5 heteroatoms. The van der Waals surface area contributed by atoms with Crippen molar-refractivity contribution in [3.05, 3.63) is 24.0 Å². The highest BCUT2D eigenvalue weighted by atomic mass is 15.3. The molecule has 2 rings (SSSR count). The Morgan fingerprint density at radius 2 is 2.36 bits per heavy atom. The molecule has 0 aliphatic carbocycles. The topological polar surface area (TPSA) is 68.2 Å². The van der Waals surface area contributed by atoms with Crippen LogP contribution >= 0.6 is 0 Å². The summed E-state index contributed by atoms with van der Waals surface area (Å²) >= 11 is 0. The minimum absolute atomic E-state index is 0.614. The van der Waals surface area contributed by atoms with Crippen molar-refractivity contribution < 1.29 is 0 Å². The van der Waals surface area contributed by atoms with Gasteiger partial charge in [-0.25, -0.2) is 9.50 Å². The Morgan fingerprint density at radius 3 is 3.07 bits per heavy atom. The molecule has 0 saturated carbocycles. The van der Waals surface area contributed by atoms with Crippen LogP contribution in [0.5, 0.6) is 0 Å². The lowest BCUT2D eigenvalue weighted by atomic mass is 10.3. The van der Waals surface area contributed by atoms with Gasteiger partial charge in [-0.3, -0.25) is 0 Å². The molecular weight excluding hydrogens is 178 g/mol. The predicted octanol–water partition coefficient (Wildman–Crippen LogP) is 0.272. The van der Waals surface area contributed by atoms with Gasteiger partial charge < -0.3 is 11.1 Å². The van der Waals surface area contributed by atoms with E-state index in [-0.39, 0.29) is 0 Å². The summed E-state index contributed by atoms with van der Waals surface area (Å²) < 4.78 is 1.76. The van der Waals surface area contributed by atoms with Gasteiger partial charge in [0, 0.05) is 13.5 Å². The van der Waals surface area contributed by atoms with Crippen LogP contribution in [0.4, 0.5) is 5.82 Å². The Morgan fingerprint density at radius 1 is 1.50 bits per heavy atom. The highest BCUT2D eigenvalue weighted by Gasteiger charge is 2.01. The number of hydrogen-bond donors (Lipinski definition) is 2. The first kappa shape index (κ1) is 8.96. The van der Waals surface area contributed by atoms with E-state index in [9.17, 15) is 0 Å². The molecular formula is C9H13N5. The van der Waals surface area contributed by atoms with Crippen LogP contribution in [0.25, 0.3) is 5.65 Å². The average molecular weight is 191 g/mol. The quantitative estimate of drug-likeness (QED) is 0.730. The van der Waals surface area contributed by atoms with Gasteiger partial charge in [0.2, 0.25) is 0 Å². The van der Waals surface area contributed by atoms with Gasteiger partial charge in [-0.1, -0.05) is 0 Å². The third-order valence-electron chi connectivity index (χ3n) is 2.03. The Labute approximate surface area is 81.9 Å². The van der Waals surface area contributed by atoms with Gasteiger partial charge >= 0.3 is 0 Å². The van der Waals surface area contributed by atoms with Crippen molar-refractivity contribution in [2.75, 3.05) is 18.9 Å². The van der Waals surface area contributed by atoms with Crippen molar-refractivity contribution in [3.63, 3.8) is 0 Å². The van der Waals surface area contributed by atoms with Crippen molar-refractivity contribution in [1.82, 2.24) is 14.6 Å². The van der Waals surface area contributed by atoms with Crippen molar-refractivity contribution in [3.8, 4) is 0 Å². The molecule has 0 fully saturated rings. The van der Waals surface area contributed by atoms with E-state index in [4.69, 9.17) is 5.73 Å². The molecule has 0 amide bonds. The molecule has 0 spiro atoms. The second kappa shape index (κ2) is 3.63. The number of aromatic nitrogens is 3. The standard InChI is InChI=1S/C9H13N5/c1-11-8-2-3-9-12-7(4-5-10)6-14(9)13-8/h2-3,6H,4-5,10H2,1H3,(H,11,13). The van der Waals surface area contributed by atoms with Crippen LogP contribution in [0.2, 0.25) is 0 Å². The summed E-state index contributed by atoms with van der Waals surface area (Å²) in [5.41, 5.74) is 7.29. The van der Waals surface area contributed by atoms with Crippen LogP contribution in [-0.4, -0.2) is 28.2 Å². The van der Waals surface area contributed by atoms with Crippen LogP contribution in [0.15, 0.2) is 18.3 Å². The molecule has 2 aromatic rings. The zero-order valence-electron chi connectivity index (χ0n) is 8.07. The molecule has 0 saturated heterocycles. The lowest BCUT2D eigenvalue weighted by molar-refractivity contribution is 0.916. The number of nitrogens with two attached hydrogens (primary N) is 1. The average Bonchev–Trinajstić information content (AvgIpc) is 2.59. The first-order valence-electron chi connectivity index (χ1n) is 4.56. The number of hydrogen-bond acceptors (Lipinski definition) is 4. The van der Waals surface area contributed by atoms with Crippen molar-refractivity contribution in [2.45, 2.75) is 6.42 Å². The Kier molecular flexibility index (Phi) is 2.32. The van der Waals surface area contributed by atoms with Crippen LogP contribution in [0.3, 0.4) is 0 Å². The fourth-order valence-electron chi connectivity index (χ4n) is 1.33. The van der Waals surface area contributed by atoms with Gasteiger partial charge in [-0.05, 0) is 18.7 Å². The zero-order chi connectivity index (χ0) is 9.97. The number of anilines is 1. The van der Waals surface area contributed by atoms with Crippen molar-refractivity contribution >= 4 is 11.5 Å². The van der Waals surface area contributed by atoms with Crippen LogP contribution in [-0.2, 0) is 6.42 Å². The summed E-state index contributed by atoms with van der Waals surface area (Å²) in [7, 11) is 1.84. The van der Waals surface area contributed by atoms with Crippen LogP contribution in [0.1, 0.15) is 5.69 Å². The van der Waals surface area contributed by atoms with Crippen molar-refractivity contribution in [1.29, 1.82) is 0 Å². The summed E-state index contributed by atoms with van der Waals surface area (Å²) in [6.45, 7) is 0.614. The molecule has 0 unspecified atom stereocenters. The van der Waals surface area contributed by atoms with Crippen molar-refractivity contribution in [2.24, 2.45) is 5.73 Å². The van der Waals surface area contributed by atoms with E-state index in [0.29, 0.717) is 6.54 Å². The maximum Gasteiger partial charge on any atom is 0.153 e. The van der Waals surface area contributed by atoms with Gasteiger partial charge in [-0.2, -0.15) is 0 Å². The van der Waals surface area contributed by atoms with E-state index in [1.165, 1.54) is 0 Å². The summed E-state index contributed by atoms with van der Waals surface area (Å²) in [6.07, 6.45) is 2.70. The third-order valence-corrected chi connectivity index (χ3v) is 2.03. The molecule has 14 heavy (non-hydrogen) atoms. The molecule has 0 atom stereocenters. The molecule has 0 aliphatic heterocycles. The third kappa shape index (κ3) is 1.54. The molecule has 5 nitrogen and oxygen atoms in total. The molecule has 2 aromatic heterocycles. The molecule has 0 aliphatic rings. The largest absolute Gasteiger partial charge is 0.372 e. The number of imidazole rings is 1. The minimum Gasteiger partial charge on any atom is -0.372 e. The number of fused-ring (bicyclic) bond motifs is 1. The Hall–Kier alpha value is -1.62. The summed E-state index contributed by atoms with van der Waals surface area (Å²) in [6, 6.07) is 3.83. The normalized spacial score (nSPS) is 10.7. The monoisotopic (exact) mass is 191 g/mol. The zero-order valence-corrected chi connectivity index (χ0v) is 8.07. The van der Waals surface area contributed by atoms with E-state index >= 15 is 0 Å². The smallest absolute Gasteiger partial charge is 0.153 e. The van der Waals surface area contributed by atoms with Gasteiger partial charge in [0.05, 0.1) is 11.9 Å². The fraction of sp³-hybridized carbons (Fsp3) is 0.333. The van der Waals surface area contributed by atoms with Gasteiger partial charge in [0.25, 0.3) is 0 Å². The van der Waals surface area contributed by atoms with E-state index in [0.717, 1.165) is 23.6 Å². The highest BCUT2D eigenvalue weighted by molar-refractivity contribution is 5.44. The number of nitrogens with one attached hydrogen (secondary N) is 1. The van der Waals surface area contributed by atoms with E-state index in [1.807, 2.05) is 25.4 Å².